The maximum absolute atomic E-state index is 13.1. The lowest BCUT2D eigenvalue weighted by atomic mass is 10.2. The van der Waals surface area contributed by atoms with Gasteiger partial charge in [-0.3, -0.25) is 30.3 Å². The van der Waals surface area contributed by atoms with E-state index in [1.165, 1.54) is 22.5 Å². The Hall–Kier alpha value is -3.67. The van der Waals surface area contributed by atoms with Crippen molar-refractivity contribution in [3.05, 3.63) is 59.9 Å². The van der Waals surface area contributed by atoms with E-state index in [4.69, 9.17) is 4.74 Å². The number of hydrogen-bond donors (Lipinski definition) is 2. The third-order valence-electron chi connectivity index (χ3n) is 4.53. The minimum atomic E-state index is -5.12. The fourth-order valence-electron chi connectivity index (χ4n) is 2.87. The first-order valence-corrected chi connectivity index (χ1v) is 9.57. The molecule has 1 aliphatic rings. The number of morpholine rings is 1. The van der Waals surface area contributed by atoms with E-state index in [9.17, 15) is 27.6 Å². The van der Waals surface area contributed by atoms with E-state index in [1.54, 1.807) is 34.6 Å². The average molecular weight is 451 g/mol. The molecule has 2 aromatic rings. The smallest absolute Gasteiger partial charge is 0.378 e. The topological polar surface area (TPSA) is 104 Å². The van der Waals surface area contributed by atoms with Crippen molar-refractivity contribution in [1.29, 1.82) is 0 Å². The molecule has 4 amide bonds. The van der Waals surface area contributed by atoms with Crippen molar-refractivity contribution < 1.29 is 32.3 Å². The van der Waals surface area contributed by atoms with Crippen LogP contribution >= 0.6 is 0 Å². The largest absolute Gasteiger partial charge is 0.472 e. The number of ether oxygens (including phenoxy) is 1. The van der Waals surface area contributed by atoms with Gasteiger partial charge in [-0.1, -0.05) is 18.2 Å². The number of aromatic nitrogens is 1. The van der Waals surface area contributed by atoms with Gasteiger partial charge in [0.15, 0.2) is 0 Å². The molecule has 0 aliphatic carbocycles. The van der Waals surface area contributed by atoms with Gasteiger partial charge >= 0.3 is 18.1 Å². The zero-order chi connectivity index (χ0) is 23.1. The number of pyridine rings is 1. The van der Waals surface area contributed by atoms with Crippen molar-refractivity contribution in [1.82, 2.24) is 20.7 Å². The maximum Gasteiger partial charge on any atom is 0.472 e. The highest BCUT2D eigenvalue weighted by Crippen LogP contribution is 2.19. The number of carbonyl (C=O) groups excluding carboxylic acids is 3. The molecule has 1 fully saturated rings. The van der Waals surface area contributed by atoms with Gasteiger partial charge in [0.1, 0.15) is 0 Å². The summed E-state index contributed by atoms with van der Waals surface area (Å²) in [6.07, 6.45) is -3.98. The Kier molecular flexibility index (Phi) is 7.25. The van der Waals surface area contributed by atoms with Crippen LogP contribution in [-0.2, 0) is 16.1 Å². The standard InChI is InChI=1S/C20H20F3N5O4/c21-20(22,23)18(30)26-25-17(29)14-6-7-15(24-12-14)13-28(16-4-2-1-3-5-16)19(31)27-8-10-32-11-9-27/h1-7,12H,8-11,13H2,(H,25,29)(H,26,30). The molecular weight excluding hydrogens is 431 g/mol. The van der Waals surface area contributed by atoms with E-state index in [1.807, 2.05) is 6.07 Å². The number of nitrogens with zero attached hydrogens (tertiary/aromatic N) is 3. The van der Waals surface area contributed by atoms with Crippen LogP contribution in [0.3, 0.4) is 0 Å². The number of benzene rings is 1. The molecule has 170 valence electrons. The van der Waals surface area contributed by atoms with Gasteiger partial charge in [0.2, 0.25) is 0 Å². The van der Waals surface area contributed by atoms with Crippen molar-refractivity contribution in [2.45, 2.75) is 12.7 Å². The summed E-state index contributed by atoms with van der Waals surface area (Å²) in [5, 5.41) is 0. The van der Waals surface area contributed by atoms with Crippen molar-refractivity contribution in [2.24, 2.45) is 0 Å². The number of halogens is 3. The molecule has 3 rings (SSSR count). The second kappa shape index (κ2) is 10.1. The molecule has 0 radical (unpaired) electrons. The Balaban J connectivity index is 1.69. The molecule has 1 saturated heterocycles. The van der Waals surface area contributed by atoms with Crippen LogP contribution in [0.5, 0.6) is 0 Å². The quantitative estimate of drug-likeness (QED) is 0.691. The van der Waals surface area contributed by atoms with Crippen molar-refractivity contribution >= 4 is 23.5 Å². The number of anilines is 1. The predicted octanol–water partition coefficient (Wildman–Crippen LogP) is 1.86. The molecule has 32 heavy (non-hydrogen) atoms. The molecule has 0 bridgehead atoms. The van der Waals surface area contributed by atoms with E-state index in [2.05, 4.69) is 4.98 Å². The summed E-state index contributed by atoms with van der Waals surface area (Å²) < 4.78 is 41.9. The number of hydrazine groups is 1. The van der Waals surface area contributed by atoms with Crippen molar-refractivity contribution in [2.75, 3.05) is 31.2 Å². The summed E-state index contributed by atoms with van der Waals surface area (Å²) in [6.45, 7) is 1.91. The summed E-state index contributed by atoms with van der Waals surface area (Å²) in [4.78, 5) is 43.1. The van der Waals surface area contributed by atoms with E-state index in [0.717, 1.165) is 6.20 Å². The fraction of sp³-hybridized carbons (Fsp3) is 0.300. The number of rotatable bonds is 4. The van der Waals surface area contributed by atoms with E-state index in [-0.39, 0.29) is 18.1 Å². The van der Waals surface area contributed by atoms with Crippen LogP contribution in [0, 0.1) is 0 Å². The molecule has 2 heterocycles. The average Bonchev–Trinajstić information content (AvgIpc) is 2.81. The number of urea groups is 1. The van der Waals surface area contributed by atoms with Crippen LogP contribution in [0.1, 0.15) is 16.1 Å². The lowest BCUT2D eigenvalue weighted by Crippen LogP contribution is -2.48. The van der Waals surface area contributed by atoms with Crippen LogP contribution < -0.4 is 15.8 Å². The van der Waals surface area contributed by atoms with Crippen molar-refractivity contribution in [3.8, 4) is 0 Å². The second-order valence-corrected chi connectivity index (χ2v) is 6.75. The first kappa shape index (κ1) is 23.0. The number of hydrogen-bond acceptors (Lipinski definition) is 5. The summed E-state index contributed by atoms with van der Waals surface area (Å²) in [6, 6.07) is 11.6. The lowest BCUT2D eigenvalue weighted by molar-refractivity contribution is -0.174. The summed E-state index contributed by atoms with van der Waals surface area (Å²) >= 11 is 0. The van der Waals surface area contributed by atoms with Gasteiger partial charge in [-0.05, 0) is 24.3 Å². The van der Waals surface area contributed by atoms with Crippen LogP contribution in [0.25, 0.3) is 0 Å². The number of alkyl halides is 3. The lowest BCUT2D eigenvalue weighted by Gasteiger charge is -2.33. The normalized spacial score (nSPS) is 13.9. The summed E-state index contributed by atoms with van der Waals surface area (Å²) in [7, 11) is 0. The van der Waals surface area contributed by atoms with Crippen LogP contribution in [0.4, 0.5) is 23.7 Å². The van der Waals surface area contributed by atoms with Gasteiger partial charge in [-0.15, -0.1) is 0 Å². The van der Waals surface area contributed by atoms with Gasteiger partial charge in [-0.2, -0.15) is 13.2 Å². The molecular formula is C20H20F3N5O4. The summed E-state index contributed by atoms with van der Waals surface area (Å²) in [5.74, 6) is -3.26. The van der Waals surface area contributed by atoms with Crippen LogP contribution in [-0.4, -0.2) is 60.2 Å². The Morgan fingerprint density at radius 2 is 1.72 bits per heavy atom. The third kappa shape index (κ3) is 5.94. The minimum absolute atomic E-state index is 0.0676. The highest BCUT2D eigenvalue weighted by Gasteiger charge is 2.39. The first-order chi connectivity index (χ1) is 15.3. The van der Waals surface area contributed by atoms with Crippen molar-refractivity contribution in [3.63, 3.8) is 0 Å². The Morgan fingerprint density at radius 3 is 2.31 bits per heavy atom. The van der Waals surface area contributed by atoms with Gasteiger partial charge in [-0.25, -0.2) is 4.79 Å². The van der Waals surface area contributed by atoms with Gasteiger partial charge < -0.3 is 9.64 Å². The molecule has 0 unspecified atom stereocenters. The maximum atomic E-state index is 13.1. The number of amides is 4. The van der Waals surface area contributed by atoms with Gasteiger partial charge in [0.05, 0.1) is 31.0 Å². The Morgan fingerprint density at radius 1 is 1.03 bits per heavy atom. The molecule has 0 saturated carbocycles. The third-order valence-corrected chi connectivity index (χ3v) is 4.53. The number of nitrogens with one attached hydrogen (secondary N) is 2. The Labute approximate surface area is 181 Å². The van der Waals surface area contributed by atoms with Crippen LogP contribution in [0.2, 0.25) is 0 Å². The highest BCUT2D eigenvalue weighted by molar-refractivity contribution is 5.95. The van der Waals surface area contributed by atoms with E-state index >= 15 is 0 Å². The molecule has 0 atom stereocenters. The zero-order valence-corrected chi connectivity index (χ0v) is 16.8. The van der Waals surface area contributed by atoms with E-state index < -0.39 is 18.0 Å². The molecule has 0 spiro atoms. The van der Waals surface area contributed by atoms with Gasteiger partial charge in [0, 0.05) is 25.0 Å². The fourth-order valence-corrected chi connectivity index (χ4v) is 2.87. The highest BCUT2D eigenvalue weighted by atomic mass is 19.4. The SMILES string of the molecule is O=C(NNC(=O)C(F)(F)F)c1ccc(CN(C(=O)N2CCOCC2)c2ccccc2)nc1. The molecule has 9 nitrogen and oxygen atoms in total. The van der Waals surface area contributed by atoms with Crippen LogP contribution in [0.15, 0.2) is 48.7 Å². The molecule has 2 N–H and O–H groups in total. The number of para-hydroxylation sites is 1. The Bertz CT molecular complexity index is 948. The monoisotopic (exact) mass is 451 g/mol. The molecule has 1 aromatic heterocycles. The number of carbonyl (C=O) groups is 3. The molecule has 1 aliphatic heterocycles. The molecule has 1 aromatic carbocycles. The van der Waals surface area contributed by atoms with Gasteiger partial charge in [0.25, 0.3) is 5.91 Å². The minimum Gasteiger partial charge on any atom is -0.378 e. The summed E-state index contributed by atoms with van der Waals surface area (Å²) in [5.41, 5.74) is 3.99. The second-order valence-electron chi connectivity index (χ2n) is 6.75. The zero-order valence-electron chi connectivity index (χ0n) is 16.8. The first-order valence-electron chi connectivity index (χ1n) is 9.57. The molecule has 12 heteroatoms. The predicted molar refractivity (Wildman–Crippen MR) is 106 cm³/mol. The van der Waals surface area contributed by atoms with E-state index in [0.29, 0.717) is 37.7 Å².